The van der Waals surface area contributed by atoms with Gasteiger partial charge in [0.1, 0.15) is 0 Å². The van der Waals surface area contributed by atoms with E-state index in [1.54, 1.807) is 30.6 Å². The lowest BCUT2D eigenvalue weighted by Gasteiger charge is -2.30. The van der Waals surface area contributed by atoms with E-state index in [0.717, 1.165) is 37.9 Å². The van der Waals surface area contributed by atoms with Crippen LogP contribution in [-0.4, -0.2) is 48.6 Å². The Morgan fingerprint density at radius 1 is 1.03 bits per heavy atom. The Balaban J connectivity index is 1.60. The fourth-order valence-corrected chi connectivity index (χ4v) is 4.18. The zero-order valence-electron chi connectivity index (χ0n) is 17.7. The highest BCUT2D eigenvalue weighted by Crippen LogP contribution is 2.28. The second-order valence-corrected chi connectivity index (χ2v) is 9.70. The summed E-state index contributed by atoms with van der Waals surface area (Å²) in [7, 11) is -3.36. The maximum absolute atomic E-state index is 13.0. The Labute approximate surface area is 186 Å². The van der Waals surface area contributed by atoms with Gasteiger partial charge in [0.25, 0.3) is 5.91 Å². The molecule has 32 heavy (non-hydrogen) atoms. The normalized spacial score (nSPS) is 14.2. The zero-order chi connectivity index (χ0) is 22.7. The van der Waals surface area contributed by atoms with E-state index in [1.807, 2.05) is 6.07 Å². The molecule has 0 aromatic carbocycles. The van der Waals surface area contributed by atoms with Crippen molar-refractivity contribution in [2.45, 2.75) is 24.2 Å². The summed E-state index contributed by atoms with van der Waals surface area (Å²) in [5.41, 5.74) is 8.68. The number of piperidine rings is 1. The average Bonchev–Trinajstić information content (AvgIpc) is 2.80. The lowest BCUT2D eigenvalue weighted by molar-refractivity contribution is 0.102. The van der Waals surface area contributed by atoms with Crippen molar-refractivity contribution >= 4 is 32.8 Å². The predicted molar refractivity (Wildman–Crippen MR) is 123 cm³/mol. The van der Waals surface area contributed by atoms with Crippen molar-refractivity contribution < 1.29 is 13.2 Å². The number of carbonyl (C=O) groups excluding carboxylic acids is 1. The van der Waals surface area contributed by atoms with Crippen LogP contribution in [0.3, 0.4) is 0 Å². The van der Waals surface area contributed by atoms with Crippen LogP contribution < -0.4 is 16.0 Å². The average molecular weight is 453 g/mol. The molecule has 166 valence electrons. The van der Waals surface area contributed by atoms with Gasteiger partial charge in [-0.1, -0.05) is 0 Å². The smallest absolute Gasteiger partial charge is 0.276 e. The minimum absolute atomic E-state index is 0.0601. The van der Waals surface area contributed by atoms with Gasteiger partial charge in [-0.15, -0.1) is 0 Å². The van der Waals surface area contributed by atoms with Gasteiger partial charge in [0, 0.05) is 31.7 Å². The Morgan fingerprint density at radius 3 is 2.47 bits per heavy atom. The van der Waals surface area contributed by atoms with Crippen molar-refractivity contribution in [3.8, 4) is 11.4 Å². The first kappa shape index (κ1) is 21.7. The van der Waals surface area contributed by atoms with Crippen LogP contribution in [-0.2, 0) is 9.84 Å². The molecule has 10 heteroatoms. The molecule has 1 fully saturated rings. The van der Waals surface area contributed by atoms with E-state index in [4.69, 9.17) is 5.73 Å². The van der Waals surface area contributed by atoms with Crippen molar-refractivity contribution in [1.29, 1.82) is 0 Å². The van der Waals surface area contributed by atoms with Gasteiger partial charge >= 0.3 is 0 Å². The Kier molecular flexibility index (Phi) is 6.04. The molecule has 1 aliphatic rings. The first-order valence-electron chi connectivity index (χ1n) is 10.3. The first-order chi connectivity index (χ1) is 15.3. The van der Waals surface area contributed by atoms with Crippen LogP contribution in [0.2, 0.25) is 0 Å². The topological polar surface area (TPSA) is 131 Å². The molecular weight excluding hydrogens is 428 g/mol. The third-order valence-corrected chi connectivity index (χ3v) is 6.41. The number of nitrogens with zero attached hydrogens (tertiary/aromatic N) is 4. The fraction of sp³-hybridized carbons (Fsp3) is 0.273. The number of nitrogens with one attached hydrogen (secondary N) is 1. The largest absolute Gasteiger partial charge is 0.397 e. The molecule has 9 nitrogen and oxygen atoms in total. The minimum Gasteiger partial charge on any atom is -0.397 e. The number of sulfone groups is 1. The van der Waals surface area contributed by atoms with Gasteiger partial charge in [-0.2, -0.15) is 0 Å². The third-order valence-electron chi connectivity index (χ3n) is 5.31. The third kappa shape index (κ3) is 4.70. The van der Waals surface area contributed by atoms with Crippen molar-refractivity contribution in [2.24, 2.45) is 0 Å². The van der Waals surface area contributed by atoms with Crippen LogP contribution in [0.15, 0.2) is 53.8 Å². The summed E-state index contributed by atoms with van der Waals surface area (Å²) in [6.45, 7) is 1.86. The molecule has 3 aromatic heterocycles. The van der Waals surface area contributed by atoms with Crippen LogP contribution >= 0.6 is 0 Å². The van der Waals surface area contributed by atoms with E-state index >= 15 is 0 Å². The number of hydrogen-bond acceptors (Lipinski definition) is 8. The molecule has 0 spiro atoms. The summed E-state index contributed by atoms with van der Waals surface area (Å²) in [6, 6.07) is 8.11. The van der Waals surface area contributed by atoms with Gasteiger partial charge in [-0.3, -0.25) is 14.8 Å². The maximum Gasteiger partial charge on any atom is 0.276 e. The van der Waals surface area contributed by atoms with E-state index in [0.29, 0.717) is 17.1 Å². The molecule has 3 N–H and O–H groups in total. The molecule has 0 saturated carbocycles. The molecular formula is C22H24N6O3S. The first-order valence-corrected chi connectivity index (χ1v) is 12.2. The highest BCUT2D eigenvalue weighted by molar-refractivity contribution is 7.90. The van der Waals surface area contributed by atoms with Crippen LogP contribution in [0.25, 0.3) is 11.4 Å². The Hall–Kier alpha value is -3.53. The highest BCUT2D eigenvalue weighted by atomic mass is 32.2. The Bertz CT molecular complexity index is 1240. The second-order valence-electron chi connectivity index (χ2n) is 7.68. The van der Waals surface area contributed by atoms with E-state index in [1.165, 1.54) is 18.7 Å². The summed E-state index contributed by atoms with van der Waals surface area (Å²) < 4.78 is 23.3. The van der Waals surface area contributed by atoms with Crippen molar-refractivity contribution in [2.75, 3.05) is 35.3 Å². The number of aromatic nitrogens is 3. The van der Waals surface area contributed by atoms with E-state index < -0.39 is 15.7 Å². The van der Waals surface area contributed by atoms with Crippen molar-refractivity contribution in [1.82, 2.24) is 15.0 Å². The van der Waals surface area contributed by atoms with E-state index in [9.17, 15) is 13.2 Å². The monoisotopic (exact) mass is 452 g/mol. The van der Waals surface area contributed by atoms with Gasteiger partial charge in [0.15, 0.2) is 15.5 Å². The molecule has 1 aliphatic heterocycles. The van der Waals surface area contributed by atoms with Crippen LogP contribution in [0.4, 0.5) is 17.1 Å². The summed E-state index contributed by atoms with van der Waals surface area (Å²) in [5.74, 6) is -0.455. The number of nitrogen functional groups attached to an aromatic ring is 1. The summed E-state index contributed by atoms with van der Waals surface area (Å²) in [4.78, 5) is 28.1. The minimum atomic E-state index is -3.36. The number of rotatable bonds is 5. The van der Waals surface area contributed by atoms with Crippen LogP contribution in [0.1, 0.15) is 29.8 Å². The number of carbonyl (C=O) groups is 1. The SMILES string of the molecule is CS(=O)(=O)c1ccc(-c2ccc(N)c(C(=O)Nc3cnccc3N3CCCCC3)n2)nc1. The van der Waals surface area contributed by atoms with Gasteiger partial charge < -0.3 is 16.0 Å². The summed E-state index contributed by atoms with van der Waals surface area (Å²) >= 11 is 0. The van der Waals surface area contributed by atoms with Gasteiger partial charge in [-0.05, 0) is 49.6 Å². The lowest BCUT2D eigenvalue weighted by Crippen LogP contribution is -2.30. The molecule has 1 saturated heterocycles. The van der Waals surface area contributed by atoms with Crippen molar-refractivity contribution in [3.05, 3.63) is 54.6 Å². The molecule has 1 amide bonds. The number of hydrogen-bond donors (Lipinski definition) is 2. The molecule has 4 heterocycles. The Morgan fingerprint density at radius 2 is 1.78 bits per heavy atom. The number of nitrogens with two attached hydrogens (primary N) is 1. The predicted octanol–water partition coefficient (Wildman–Crippen LogP) is 2.77. The van der Waals surface area contributed by atoms with Crippen LogP contribution in [0, 0.1) is 0 Å². The maximum atomic E-state index is 13.0. The van der Waals surface area contributed by atoms with E-state index in [2.05, 4.69) is 25.2 Å². The quantitative estimate of drug-likeness (QED) is 0.604. The summed E-state index contributed by atoms with van der Waals surface area (Å²) in [6.07, 6.45) is 9.13. The van der Waals surface area contributed by atoms with Crippen LogP contribution in [0.5, 0.6) is 0 Å². The molecule has 0 atom stereocenters. The molecule has 0 radical (unpaired) electrons. The number of pyridine rings is 3. The lowest BCUT2D eigenvalue weighted by atomic mass is 10.1. The van der Waals surface area contributed by atoms with Gasteiger partial charge in [-0.25, -0.2) is 13.4 Å². The summed E-state index contributed by atoms with van der Waals surface area (Å²) in [5, 5.41) is 2.89. The van der Waals surface area contributed by atoms with Gasteiger partial charge in [0.2, 0.25) is 0 Å². The van der Waals surface area contributed by atoms with E-state index in [-0.39, 0.29) is 16.3 Å². The second kappa shape index (κ2) is 8.91. The molecule has 3 aromatic rings. The number of amides is 1. The fourth-order valence-electron chi connectivity index (χ4n) is 3.62. The molecule has 0 unspecified atom stereocenters. The highest BCUT2D eigenvalue weighted by Gasteiger charge is 2.19. The van der Waals surface area contributed by atoms with Gasteiger partial charge in [0.05, 0.1) is 39.5 Å². The standard InChI is InChI=1S/C22H24N6O3S/c1-32(30,31)15-5-7-17(25-13-15)18-8-6-16(23)21(26-18)22(29)27-19-14-24-10-9-20(19)28-11-3-2-4-12-28/h5-10,13-14H,2-4,11-12,23H2,1H3,(H,27,29). The zero-order valence-corrected chi connectivity index (χ0v) is 18.5. The molecule has 0 bridgehead atoms. The number of anilines is 3. The van der Waals surface area contributed by atoms with Crippen molar-refractivity contribution in [3.63, 3.8) is 0 Å². The molecule has 0 aliphatic carbocycles. The molecule has 4 rings (SSSR count).